The van der Waals surface area contributed by atoms with Gasteiger partial charge in [0.1, 0.15) is 0 Å². The molecule has 1 nitrogen and oxygen atoms in total. The zero-order valence-electron chi connectivity index (χ0n) is 25.5. The number of hydrogen-bond donors (Lipinski definition) is 0. The summed E-state index contributed by atoms with van der Waals surface area (Å²) < 4.78 is 5.17. The molecule has 9 aromatic rings. The van der Waals surface area contributed by atoms with Crippen LogP contribution < -0.4 is 20.7 Å². The molecule has 46 heavy (non-hydrogen) atoms. The predicted molar refractivity (Wildman–Crippen MR) is 202 cm³/mol. The number of aromatic nitrogens is 1. The minimum Gasteiger partial charge on any atom is -0.309 e. The Hall–Kier alpha value is -5.22. The highest BCUT2D eigenvalue weighted by Gasteiger charge is 2.42. The predicted octanol–water partition coefficient (Wildman–Crippen LogP) is 8.84. The average Bonchev–Trinajstić information content (AvgIpc) is 3.67. The van der Waals surface area contributed by atoms with Gasteiger partial charge >= 0.3 is 0 Å². The number of hydrogen-bond acceptors (Lipinski definition) is 1. The van der Waals surface area contributed by atoms with E-state index in [0.29, 0.717) is 0 Å². The minimum atomic E-state index is -2.67. The van der Waals surface area contributed by atoms with E-state index in [-0.39, 0.29) is 0 Å². The molecular weight excluding hydrogens is 591 g/mol. The van der Waals surface area contributed by atoms with Crippen LogP contribution in [0.15, 0.2) is 170 Å². The van der Waals surface area contributed by atoms with Crippen molar-refractivity contribution in [3.8, 4) is 5.69 Å². The van der Waals surface area contributed by atoms with Gasteiger partial charge in [-0.2, -0.15) is 0 Å². The van der Waals surface area contributed by atoms with Gasteiger partial charge in [0.05, 0.1) is 11.0 Å². The Morgan fingerprint density at radius 1 is 0.478 bits per heavy atom. The van der Waals surface area contributed by atoms with Gasteiger partial charge in [-0.1, -0.05) is 146 Å². The smallest absolute Gasteiger partial charge is 0.181 e. The van der Waals surface area contributed by atoms with E-state index in [0.717, 1.165) is 0 Å². The van der Waals surface area contributed by atoms with Crippen LogP contribution in [0.1, 0.15) is 5.56 Å². The first-order chi connectivity index (χ1) is 22.7. The normalized spacial score (nSPS) is 12.0. The lowest BCUT2D eigenvalue weighted by Gasteiger charge is -2.34. The second kappa shape index (κ2) is 10.7. The molecule has 0 fully saturated rings. The molecule has 2 heterocycles. The van der Waals surface area contributed by atoms with Gasteiger partial charge < -0.3 is 4.57 Å². The summed E-state index contributed by atoms with van der Waals surface area (Å²) in [5.41, 5.74) is 5.02. The molecule has 0 amide bonds. The van der Waals surface area contributed by atoms with Gasteiger partial charge in [0.15, 0.2) is 8.07 Å². The maximum absolute atomic E-state index is 2.67. The van der Waals surface area contributed by atoms with Crippen LogP contribution in [0, 0.1) is 6.92 Å². The van der Waals surface area contributed by atoms with Crippen molar-refractivity contribution >= 4 is 82.1 Å². The number of aryl methyl sites for hydroxylation is 1. The molecule has 0 aliphatic heterocycles. The van der Waals surface area contributed by atoms with Crippen molar-refractivity contribution in [3.63, 3.8) is 0 Å². The third-order valence-electron chi connectivity index (χ3n) is 9.66. The topological polar surface area (TPSA) is 4.93 Å². The van der Waals surface area contributed by atoms with Gasteiger partial charge in [0.2, 0.25) is 0 Å². The number of nitrogens with zero attached hydrogens (tertiary/aromatic N) is 1. The Balaban J connectivity index is 1.37. The highest BCUT2D eigenvalue weighted by Crippen LogP contribution is 2.38. The van der Waals surface area contributed by atoms with E-state index >= 15 is 0 Å². The van der Waals surface area contributed by atoms with Crippen LogP contribution in [0.5, 0.6) is 0 Å². The van der Waals surface area contributed by atoms with Crippen LogP contribution in [0.2, 0.25) is 0 Å². The fourth-order valence-electron chi connectivity index (χ4n) is 7.71. The second-order valence-electron chi connectivity index (χ2n) is 12.1. The van der Waals surface area contributed by atoms with E-state index in [2.05, 4.69) is 181 Å². The van der Waals surface area contributed by atoms with Crippen molar-refractivity contribution in [1.29, 1.82) is 0 Å². The van der Waals surface area contributed by atoms with E-state index in [1.807, 2.05) is 11.3 Å². The molecule has 0 unspecified atom stereocenters. The van der Waals surface area contributed by atoms with Crippen molar-refractivity contribution in [3.05, 3.63) is 175 Å². The molecule has 0 aliphatic carbocycles. The van der Waals surface area contributed by atoms with Gasteiger partial charge in [-0.25, -0.2) is 0 Å². The number of para-hydroxylation sites is 2. The average molecular weight is 622 g/mol. The van der Waals surface area contributed by atoms with E-state index in [9.17, 15) is 0 Å². The maximum atomic E-state index is 2.46. The van der Waals surface area contributed by atoms with Crippen molar-refractivity contribution in [2.24, 2.45) is 0 Å². The summed E-state index contributed by atoms with van der Waals surface area (Å²) >= 11 is 1.94. The molecule has 0 spiro atoms. The maximum Gasteiger partial charge on any atom is 0.181 e. The molecule has 0 atom stereocenters. The first-order valence-corrected chi connectivity index (χ1v) is 18.7. The lowest BCUT2D eigenvalue weighted by Crippen LogP contribution is -2.74. The number of benzene rings is 7. The summed E-state index contributed by atoms with van der Waals surface area (Å²) in [6.45, 7) is 2.23. The Bertz CT molecular complexity index is 2430. The first-order valence-electron chi connectivity index (χ1n) is 15.9. The molecule has 0 aliphatic rings. The third kappa shape index (κ3) is 3.92. The van der Waals surface area contributed by atoms with Crippen LogP contribution in [-0.2, 0) is 0 Å². The summed E-state index contributed by atoms with van der Waals surface area (Å²) in [6.07, 6.45) is 0. The molecule has 9 rings (SSSR count). The van der Waals surface area contributed by atoms with Crippen LogP contribution in [-0.4, -0.2) is 12.6 Å². The Morgan fingerprint density at radius 2 is 1.04 bits per heavy atom. The summed E-state index contributed by atoms with van der Waals surface area (Å²) in [5, 5.41) is 10.9. The Morgan fingerprint density at radius 3 is 1.72 bits per heavy atom. The minimum absolute atomic E-state index is 1.20. The highest BCUT2D eigenvalue weighted by molar-refractivity contribution is 7.30. The number of thiophene rings is 1. The zero-order chi connectivity index (χ0) is 30.7. The molecule has 0 saturated heterocycles. The van der Waals surface area contributed by atoms with E-state index < -0.39 is 8.07 Å². The zero-order valence-corrected chi connectivity index (χ0v) is 27.3. The molecule has 0 saturated carbocycles. The number of fused-ring (bicyclic) bond motifs is 6. The summed E-state index contributed by atoms with van der Waals surface area (Å²) in [6, 6.07) is 63.3. The molecule has 0 N–H and O–H groups in total. The van der Waals surface area contributed by atoms with Crippen LogP contribution >= 0.6 is 11.3 Å². The van der Waals surface area contributed by atoms with Crippen molar-refractivity contribution in [2.75, 3.05) is 0 Å². The van der Waals surface area contributed by atoms with E-state index in [1.165, 1.54) is 74.0 Å². The van der Waals surface area contributed by atoms with Crippen LogP contribution in [0.3, 0.4) is 0 Å². The molecule has 7 aromatic carbocycles. The van der Waals surface area contributed by atoms with Gasteiger partial charge in [-0.3, -0.25) is 0 Å². The second-order valence-corrected chi connectivity index (χ2v) is 17.0. The van der Waals surface area contributed by atoms with E-state index in [4.69, 9.17) is 0 Å². The van der Waals surface area contributed by atoms with Gasteiger partial charge in [0, 0.05) is 36.6 Å². The van der Waals surface area contributed by atoms with Crippen molar-refractivity contribution < 1.29 is 0 Å². The number of rotatable bonds is 5. The molecular formula is C43H31NSSi. The fraction of sp³-hybridized carbons (Fsp3) is 0.0233. The lowest BCUT2D eigenvalue weighted by atomic mass is 10.1. The van der Waals surface area contributed by atoms with Crippen LogP contribution in [0.25, 0.3) is 47.7 Å². The van der Waals surface area contributed by atoms with Crippen molar-refractivity contribution in [2.45, 2.75) is 6.92 Å². The summed E-state index contributed by atoms with van der Waals surface area (Å²) in [5.74, 6) is 0. The lowest BCUT2D eigenvalue weighted by molar-refractivity contribution is 1.17. The summed E-state index contributed by atoms with van der Waals surface area (Å²) in [7, 11) is -2.67. The monoisotopic (exact) mass is 621 g/mol. The van der Waals surface area contributed by atoms with E-state index in [1.54, 1.807) is 0 Å². The third-order valence-corrected chi connectivity index (χ3v) is 15.9. The molecule has 2 aromatic heterocycles. The highest BCUT2D eigenvalue weighted by atomic mass is 32.1. The fourth-order valence-corrected chi connectivity index (χ4v) is 14.3. The first kappa shape index (κ1) is 27.1. The molecule has 3 heteroatoms. The SMILES string of the molecule is Cc1cccc2c3ccccc3n(-c3ccc4sc5c([Si](c6ccccc6)(c6ccccc6)c6ccccc6)cccc5c4c3)c12. The Labute approximate surface area is 273 Å². The van der Waals surface area contributed by atoms with Crippen molar-refractivity contribution in [1.82, 2.24) is 4.57 Å². The van der Waals surface area contributed by atoms with Gasteiger partial charge in [-0.05, 0) is 57.5 Å². The quantitative estimate of drug-likeness (QED) is 0.134. The summed E-state index contributed by atoms with van der Waals surface area (Å²) in [4.78, 5) is 0. The van der Waals surface area contributed by atoms with Crippen LogP contribution in [0.4, 0.5) is 0 Å². The largest absolute Gasteiger partial charge is 0.309 e. The molecule has 218 valence electrons. The standard InChI is InChI=1S/C43H31NSSi/c1-30-15-13-23-36-35-22-11-12-25-39(35)44(42(30)36)31-27-28-40-38(29-31)37-24-14-26-41(43(37)45-40)46(32-16-5-2-6-17-32,33-18-7-3-8-19-33)34-20-9-4-10-21-34/h2-29H,1H3. The Kier molecular flexibility index (Phi) is 6.31. The molecule has 0 radical (unpaired) electrons. The van der Waals surface area contributed by atoms with Gasteiger partial charge in [0.25, 0.3) is 0 Å². The molecule has 0 bridgehead atoms. The van der Waals surface area contributed by atoms with Gasteiger partial charge in [-0.15, -0.1) is 11.3 Å².